The summed E-state index contributed by atoms with van der Waals surface area (Å²) in [4.78, 5) is 27.7. The molecule has 0 spiro atoms. The van der Waals surface area contributed by atoms with Crippen LogP contribution in [0.15, 0.2) is 42.5 Å². The zero-order chi connectivity index (χ0) is 24.8. The predicted molar refractivity (Wildman–Crippen MR) is 135 cm³/mol. The maximum Gasteiger partial charge on any atom is 0.261 e. The van der Waals surface area contributed by atoms with Crippen molar-refractivity contribution >= 4 is 35.0 Å². The van der Waals surface area contributed by atoms with E-state index in [1.165, 1.54) is 10.5 Å². The minimum absolute atomic E-state index is 0.0253. The molecule has 0 aromatic heterocycles. The third-order valence-corrected chi connectivity index (χ3v) is 6.00. The Kier molecular flexibility index (Phi) is 9.62. The van der Waals surface area contributed by atoms with Crippen LogP contribution in [0.1, 0.15) is 59.1 Å². The number of nitrogens with zero attached hydrogens (tertiary/aromatic N) is 1. The highest BCUT2D eigenvalue weighted by molar-refractivity contribution is 6.36. The number of carbonyl (C=O) groups excluding carboxylic acids is 2. The van der Waals surface area contributed by atoms with Gasteiger partial charge >= 0.3 is 0 Å². The van der Waals surface area contributed by atoms with E-state index in [9.17, 15) is 9.59 Å². The molecular formula is C26H34Cl2N2O3. The maximum atomic E-state index is 13.3. The second kappa shape index (κ2) is 11.8. The molecule has 2 aromatic rings. The largest absolute Gasteiger partial charge is 0.484 e. The first kappa shape index (κ1) is 27.0. The fourth-order valence-corrected chi connectivity index (χ4v) is 3.95. The number of halogens is 2. The number of amides is 2. The molecule has 1 atom stereocenters. The normalized spacial score (nSPS) is 12.4. The summed E-state index contributed by atoms with van der Waals surface area (Å²) in [6.45, 7) is 11.9. The Balaban J connectivity index is 2.25. The monoisotopic (exact) mass is 492 g/mol. The van der Waals surface area contributed by atoms with Crippen LogP contribution in [0.5, 0.6) is 5.75 Å². The smallest absolute Gasteiger partial charge is 0.261 e. The van der Waals surface area contributed by atoms with Crippen molar-refractivity contribution in [1.29, 1.82) is 0 Å². The van der Waals surface area contributed by atoms with E-state index in [1.54, 1.807) is 18.2 Å². The summed E-state index contributed by atoms with van der Waals surface area (Å²) in [5.74, 6) is 0.0435. The molecule has 0 aliphatic rings. The van der Waals surface area contributed by atoms with Crippen molar-refractivity contribution in [3.05, 3.63) is 63.6 Å². The number of hydrogen-bond donors (Lipinski definition) is 1. The summed E-state index contributed by atoms with van der Waals surface area (Å²) in [5, 5.41) is 3.78. The molecule has 180 valence electrons. The van der Waals surface area contributed by atoms with Gasteiger partial charge in [0.25, 0.3) is 5.91 Å². The van der Waals surface area contributed by atoms with E-state index in [0.717, 1.165) is 0 Å². The van der Waals surface area contributed by atoms with Gasteiger partial charge in [0.15, 0.2) is 6.61 Å². The summed E-state index contributed by atoms with van der Waals surface area (Å²) < 4.78 is 5.78. The van der Waals surface area contributed by atoms with E-state index in [1.807, 2.05) is 45.0 Å². The lowest BCUT2D eigenvalue weighted by Crippen LogP contribution is -2.51. The summed E-state index contributed by atoms with van der Waals surface area (Å²) in [6, 6.07) is 12.1. The lowest BCUT2D eigenvalue weighted by molar-refractivity contribution is -0.143. The third kappa shape index (κ3) is 7.65. The van der Waals surface area contributed by atoms with E-state index < -0.39 is 6.04 Å². The Morgan fingerprint density at radius 3 is 2.09 bits per heavy atom. The van der Waals surface area contributed by atoms with Crippen LogP contribution in [0.3, 0.4) is 0 Å². The van der Waals surface area contributed by atoms with Crippen molar-refractivity contribution in [1.82, 2.24) is 10.2 Å². The van der Waals surface area contributed by atoms with Gasteiger partial charge in [0.2, 0.25) is 5.91 Å². The van der Waals surface area contributed by atoms with E-state index in [-0.39, 0.29) is 36.4 Å². The number of hydrogen-bond acceptors (Lipinski definition) is 3. The van der Waals surface area contributed by atoms with Crippen LogP contribution in [0.2, 0.25) is 10.0 Å². The summed E-state index contributed by atoms with van der Waals surface area (Å²) in [6.07, 6.45) is 0.437. The Morgan fingerprint density at radius 1 is 1.03 bits per heavy atom. The van der Waals surface area contributed by atoms with Gasteiger partial charge in [-0.15, -0.1) is 0 Å². The minimum Gasteiger partial charge on any atom is -0.484 e. The minimum atomic E-state index is -0.681. The van der Waals surface area contributed by atoms with Crippen LogP contribution in [0.4, 0.5) is 0 Å². The summed E-state index contributed by atoms with van der Waals surface area (Å²) >= 11 is 12.7. The predicted octanol–water partition coefficient (Wildman–Crippen LogP) is 6.00. The van der Waals surface area contributed by atoms with Crippen molar-refractivity contribution in [2.45, 2.75) is 72.0 Å². The second-order valence-electron chi connectivity index (χ2n) is 9.37. The van der Waals surface area contributed by atoms with Crippen LogP contribution in [-0.4, -0.2) is 35.4 Å². The molecule has 0 aliphatic carbocycles. The molecule has 5 nitrogen and oxygen atoms in total. The molecule has 33 heavy (non-hydrogen) atoms. The van der Waals surface area contributed by atoms with Crippen molar-refractivity contribution in [2.75, 3.05) is 6.61 Å². The molecule has 0 radical (unpaired) electrons. The molecule has 0 aliphatic heterocycles. The molecule has 7 heteroatoms. The van der Waals surface area contributed by atoms with E-state index in [4.69, 9.17) is 27.9 Å². The van der Waals surface area contributed by atoms with Gasteiger partial charge in [0.05, 0.1) is 0 Å². The second-order valence-corrected chi connectivity index (χ2v) is 10.2. The lowest BCUT2D eigenvalue weighted by Gasteiger charge is -2.31. The quantitative estimate of drug-likeness (QED) is 0.466. The van der Waals surface area contributed by atoms with E-state index in [0.29, 0.717) is 27.8 Å². The molecule has 1 N–H and O–H groups in total. The molecule has 2 rings (SSSR count). The first-order valence-electron chi connectivity index (χ1n) is 11.2. The van der Waals surface area contributed by atoms with Crippen LogP contribution in [0, 0.1) is 0 Å². The van der Waals surface area contributed by atoms with Crippen LogP contribution < -0.4 is 10.1 Å². The molecule has 0 heterocycles. The molecule has 0 bridgehead atoms. The first-order chi connectivity index (χ1) is 15.4. The molecule has 2 amide bonds. The highest BCUT2D eigenvalue weighted by Crippen LogP contribution is 2.27. The van der Waals surface area contributed by atoms with E-state index in [2.05, 4.69) is 26.1 Å². The van der Waals surface area contributed by atoms with Gasteiger partial charge < -0.3 is 15.0 Å². The van der Waals surface area contributed by atoms with Gasteiger partial charge in [-0.1, -0.05) is 69.1 Å². The molecular weight excluding hydrogens is 459 g/mol. The average Bonchev–Trinajstić information content (AvgIpc) is 2.73. The highest BCUT2D eigenvalue weighted by atomic mass is 35.5. The number of nitrogens with one attached hydrogen (secondary N) is 1. The topological polar surface area (TPSA) is 58.6 Å². The zero-order valence-corrected chi connectivity index (χ0v) is 21.8. The van der Waals surface area contributed by atoms with Gasteiger partial charge in [-0.25, -0.2) is 0 Å². The van der Waals surface area contributed by atoms with Crippen molar-refractivity contribution in [3.63, 3.8) is 0 Å². The van der Waals surface area contributed by atoms with Gasteiger partial charge in [-0.2, -0.15) is 0 Å². The summed E-state index contributed by atoms with van der Waals surface area (Å²) in [7, 11) is 0. The Labute approximate surface area is 207 Å². The van der Waals surface area contributed by atoms with Crippen LogP contribution in [-0.2, 0) is 21.5 Å². The Morgan fingerprint density at radius 2 is 1.61 bits per heavy atom. The number of benzene rings is 2. The number of rotatable bonds is 9. The fraction of sp³-hybridized carbons (Fsp3) is 0.462. The fourth-order valence-electron chi connectivity index (χ4n) is 3.43. The SMILES string of the molecule is CC[C@@H](C(=O)NC(C)C)N(Cc1c(Cl)cccc1Cl)C(=O)COc1ccc(C(C)(C)C)cc1. The number of ether oxygens (including phenoxy) is 1. The summed E-state index contributed by atoms with van der Waals surface area (Å²) in [5.41, 5.74) is 1.80. The molecule has 0 saturated heterocycles. The molecule has 0 fully saturated rings. The zero-order valence-electron chi connectivity index (χ0n) is 20.2. The van der Waals surface area contributed by atoms with Gasteiger partial charge in [0, 0.05) is 28.2 Å². The van der Waals surface area contributed by atoms with Crippen molar-refractivity contribution in [3.8, 4) is 5.75 Å². The van der Waals surface area contributed by atoms with Crippen LogP contribution >= 0.6 is 23.2 Å². The van der Waals surface area contributed by atoms with Gasteiger partial charge in [-0.3, -0.25) is 9.59 Å². The van der Waals surface area contributed by atoms with Crippen molar-refractivity contribution < 1.29 is 14.3 Å². The molecule has 2 aromatic carbocycles. The highest BCUT2D eigenvalue weighted by Gasteiger charge is 2.30. The van der Waals surface area contributed by atoms with Gasteiger partial charge in [0.1, 0.15) is 11.8 Å². The Hall–Kier alpha value is -2.24. The lowest BCUT2D eigenvalue weighted by atomic mass is 9.87. The maximum absolute atomic E-state index is 13.3. The van der Waals surface area contributed by atoms with Crippen LogP contribution in [0.25, 0.3) is 0 Å². The molecule has 0 unspecified atom stereocenters. The molecule has 0 saturated carbocycles. The number of carbonyl (C=O) groups is 2. The average molecular weight is 493 g/mol. The third-order valence-electron chi connectivity index (χ3n) is 5.29. The first-order valence-corrected chi connectivity index (χ1v) is 12.0. The van der Waals surface area contributed by atoms with Gasteiger partial charge in [-0.05, 0) is 55.5 Å². The van der Waals surface area contributed by atoms with E-state index >= 15 is 0 Å². The Bertz CT molecular complexity index is 933. The van der Waals surface area contributed by atoms with Crippen molar-refractivity contribution in [2.24, 2.45) is 0 Å². The standard InChI is InChI=1S/C26H34Cl2N2O3/c1-7-23(25(32)29-17(2)3)30(15-20-21(27)9-8-10-22(20)28)24(31)16-33-19-13-11-18(12-14-19)26(4,5)6/h8-14,17,23H,7,15-16H2,1-6H3,(H,29,32)/t23-/m0/s1.